The van der Waals surface area contributed by atoms with Crippen molar-refractivity contribution in [3.8, 4) is 11.5 Å². The van der Waals surface area contributed by atoms with Crippen molar-refractivity contribution in [1.82, 2.24) is 25.6 Å². The van der Waals surface area contributed by atoms with E-state index in [1.54, 1.807) is 29.9 Å². The lowest BCUT2D eigenvalue weighted by Gasteiger charge is -2.22. The molecule has 0 radical (unpaired) electrons. The largest absolute Gasteiger partial charge is 0.490 e. The van der Waals surface area contributed by atoms with E-state index in [0.717, 1.165) is 25.9 Å². The number of halogens is 2. The summed E-state index contributed by atoms with van der Waals surface area (Å²) in [6, 6.07) is 4.99. The van der Waals surface area contributed by atoms with Crippen LogP contribution in [0.3, 0.4) is 0 Å². The fraction of sp³-hybridized carbons (Fsp3) is 0.500. The van der Waals surface area contributed by atoms with E-state index in [1.165, 1.54) is 6.07 Å². The third-order valence-electron chi connectivity index (χ3n) is 4.43. The summed E-state index contributed by atoms with van der Waals surface area (Å²) in [6.45, 7) is 0.828. The van der Waals surface area contributed by atoms with E-state index in [1.807, 2.05) is 0 Å². The monoisotopic (exact) mass is 395 g/mol. The van der Waals surface area contributed by atoms with Crippen LogP contribution in [0.4, 0.5) is 8.78 Å². The van der Waals surface area contributed by atoms with E-state index in [9.17, 15) is 13.6 Å². The highest BCUT2D eigenvalue weighted by Gasteiger charge is 2.20. The van der Waals surface area contributed by atoms with Gasteiger partial charge in [0, 0.05) is 12.1 Å². The Labute approximate surface area is 161 Å². The molecule has 1 amide bonds. The van der Waals surface area contributed by atoms with Crippen LogP contribution in [-0.4, -0.2) is 47.2 Å². The van der Waals surface area contributed by atoms with Crippen molar-refractivity contribution in [3.05, 3.63) is 35.7 Å². The number of para-hydroxylation sites is 1. The van der Waals surface area contributed by atoms with Gasteiger partial charge in [-0.15, -0.1) is 5.10 Å². The molecule has 2 aromatic rings. The van der Waals surface area contributed by atoms with Crippen molar-refractivity contribution in [2.75, 3.05) is 19.7 Å². The van der Waals surface area contributed by atoms with E-state index in [0.29, 0.717) is 12.2 Å². The minimum absolute atomic E-state index is 0.0119. The minimum atomic E-state index is -3.00. The maximum Gasteiger partial charge on any atom is 0.387 e. The molecule has 1 fully saturated rings. The first-order valence-corrected chi connectivity index (χ1v) is 9.18. The van der Waals surface area contributed by atoms with Gasteiger partial charge in [0.1, 0.15) is 0 Å². The smallest absolute Gasteiger partial charge is 0.387 e. The van der Waals surface area contributed by atoms with Crippen molar-refractivity contribution in [3.63, 3.8) is 0 Å². The molecule has 3 rings (SSSR count). The number of carbonyl (C=O) groups is 1. The number of ether oxygens (including phenoxy) is 2. The van der Waals surface area contributed by atoms with Gasteiger partial charge in [0.2, 0.25) is 0 Å². The van der Waals surface area contributed by atoms with E-state index in [-0.39, 0.29) is 29.8 Å². The van der Waals surface area contributed by atoms with Crippen molar-refractivity contribution in [2.45, 2.75) is 39.0 Å². The maximum atomic E-state index is 12.8. The lowest BCUT2D eigenvalue weighted by atomic mass is 10.1. The number of nitrogens with one attached hydrogen (secondary N) is 2. The molecular weight excluding hydrogens is 372 g/mol. The average molecular weight is 395 g/mol. The summed E-state index contributed by atoms with van der Waals surface area (Å²) in [7, 11) is 0. The second-order valence-electron chi connectivity index (χ2n) is 6.30. The number of benzene rings is 1. The van der Waals surface area contributed by atoms with Gasteiger partial charge in [-0.1, -0.05) is 17.3 Å². The third kappa shape index (κ3) is 4.94. The van der Waals surface area contributed by atoms with Gasteiger partial charge < -0.3 is 20.1 Å². The molecule has 152 valence electrons. The first-order chi connectivity index (χ1) is 13.6. The molecule has 0 spiro atoms. The van der Waals surface area contributed by atoms with Crippen LogP contribution in [0.2, 0.25) is 0 Å². The highest BCUT2D eigenvalue weighted by Crippen LogP contribution is 2.32. The Kier molecular flexibility index (Phi) is 6.75. The number of hydrogen-bond donors (Lipinski definition) is 2. The second kappa shape index (κ2) is 9.45. The van der Waals surface area contributed by atoms with Gasteiger partial charge >= 0.3 is 6.61 Å². The molecule has 0 atom stereocenters. The lowest BCUT2D eigenvalue weighted by Crippen LogP contribution is -2.29. The molecule has 8 nitrogen and oxygen atoms in total. The molecule has 0 bridgehead atoms. The second-order valence-corrected chi connectivity index (χ2v) is 6.30. The first kappa shape index (κ1) is 20.0. The Morgan fingerprint density at radius 3 is 2.89 bits per heavy atom. The molecular formula is C18H23F2N5O3. The van der Waals surface area contributed by atoms with Crippen LogP contribution in [-0.2, 0) is 6.54 Å². The predicted octanol–water partition coefficient (Wildman–Crippen LogP) is 2.13. The number of hydrogen-bond acceptors (Lipinski definition) is 6. The van der Waals surface area contributed by atoms with Gasteiger partial charge in [0.25, 0.3) is 5.91 Å². The summed E-state index contributed by atoms with van der Waals surface area (Å²) < 4.78 is 37.2. The number of nitrogens with zero attached hydrogens (tertiary/aromatic N) is 3. The molecule has 1 aromatic heterocycles. The van der Waals surface area contributed by atoms with Crippen LogP contribution in [0, 0.1) is 0 Å². The number of alkyl halides is 2. The molecule has 0 saturated carbocycles. The topological polar surface area (TPSA) is 90.3 Å². The van der Waals surface area contributed by atoms with Crippen molar-refractivity contribution in [2.24, 2.45) is 0 Å². The zero-order chi connectivity index (χ0) is 19.9. The van der Waals surface area contributed by atoms with Gasteiger partial charge in [-0.3, -0.25) is 4.79 Å². The van der Waals surface area contributed by atoms with E-state index in [2.05, 4.69) is 25.7 Å². The quantitative estimate of drug-likeness (QED) is 0.712. The molecule has 0 unspecified atom stereocenters. The van der Waals surface area contributed by atoms with Crippen molar-refractivity contribution >= 4 is 5.91 Å². The maximum absolute atomic E-state index is 12.8. The average Bonchev–Trinajstić information content (AvgIpc) is 3.19. The van der Waals surface area contributed by atoms with Crippen LogP contribution >= 0.6 is 0 Å². The standard InChI is InChI=1S/C18H23F2N5O3/c1-2-27-15-5-3-4-12(16(15)28-18(19)20)10-22-17(26)14-11-25(24-23-14)13-6-8-21-9-7-13/h3-5,11,13,18,21H,2,6-10H2,1H3,(H,22,26). The van der Waals surface area contributed by atoms with E-state index in [4.69, 9.17) is 4.74 Å². The van der Waals surface area contributed by atoms with E-state index >= 15 is 0 Å². The molecule has 2 heterocycles. The van der Waals surface area contributed by atoms with Crippen molar-refractivity contribution in [1.29, 1.82) is 0 Å². The van der Waals surface area contributed by atoms with Crippen molar-refractivity contribution < 1.29 is 23.0 Å². The first-order valence-electron chi connectivity index (χ1n) is 9.18. The van der Waals surface area contributed by atoms with Crippen LogP contribution in [0.5, 0.6) is 11.5 Å². The summed E-state index contributed by atoms with van der Waals surface area (Å²) in [5, 5.41) is 13.9. The zero-order valence-corrected chi connectivity index (χ0v) is 15.5. The summed E-state index contributed by atoms with van der Waals surface area (Å²) >= 11 is 0. The Morgan fingerprint density at radius 2 is 2.18 bits per heavy atom. The van der Waals surface area contributed by atoms with Gasteiger partial charge in [0.05, 0.1) is 18.8 Å². The SMILES string of the molecule is CCOc1cccc(CNC(=O)c2cn(C3CCNCC3)nn2)c1OC(F)F. The number of aromatic nitrogens is 3. The van der Waals surface area contributed by atoms with Crippen LogP contribution in [0.15, 0.2) is 24.4 Å². The molecule has 1 aromatic carbocycles. The summed E-state index contributed by atoms with van der Waals surface area (Å²) in [6.07, 6.45) is 3.45. The molecule has 1 aliphatic heterocycles. The van der Waals surface area contributed by atoms with Crippen LogP contribution in [0.1, 0.15) is 41.9 Å². The normalized spacial score (nSPS) is 14.9. The lowest BCUT2D eigenvalue weighted by molar-refractivity contribution is -0.0520. The fourth-order valence-corrected chi connectivity index (χ4v) is 3.09. The van der Waals surface area contributed by atoms with Gasteiger partial charge in [0.15, 0.2) is 17.2 Å². The number of amides is 1. The predicted molar refractivity (Wildman–Crippen MR) is 96.6 cm³/mol. The molecule has 10 heteroatoms. The molecule has 0 aliphatic carbocycles. The van der Waals surface area contributed by atoms with Crippen LogP contribution < -0.4 is 20.1 Å². The van der Waals surface area contributed by atoms with Gasteiger partial charge in [-0.25, -0.2) is 4.68 Å². The minimum Gasteiger partial charge on any atom is -0.490 e. The van der Waals surface area contributed by atoms with Gasteiger partial charge in [-0.05, 0) is 38.9 Å². The molecule has 1 aliphatic rings. The number of carbonyl (C=O) groups excluding carboxylic acids is 1. The number of piperidine rings is 1. The summed E-state index contributed by atoms with van der Waals surface area (Å²) in [5.41, 5.74) is 0.557. The Bertz CT molecular complexity index is 793. The van der Waals surface area contributed by atoms with E-state index < -0.39 is 12.5 Å². The fourth-order valence-electron chi connectivity index (χ4n) is 3.09. The Balaban J connectivity index is 1.67. The Morgan fingerprint density at radius 1 is 1.39 bits per heavy atom. The summed E-state index contributed by atoms with van der Waals surface area (Å²) in [4.78, 5) is 12.4. The highest BCUT2D eigenvalue weighted by molar-refractivity contribution is 5.91. The van der Waals surface area contributed by atoms with Crippen LogP contribution in [0.25, 0.3) is 0 Å². The molecule has 1 saturated heterocycles. The Hall–Kier alpha value is -2.75. The molecule has 2 N–H and O–H groups in total. The third-order valence-corrected chi connectivity index (χ3v) is 4.43. The highest BCUT2D eigenvalue weighted by atomic mass is 19.3. The van der Waals surface area contributed by atoms with Gasteiger partial charge in [-0.2, -0.15) is 8.78 Å². The zero-order valence-electron chi connectivity index (χ0n) is 15.5. The number of rotatable bonds is 8. The summed E-state index contributed by atoms with van der Waals surface area (Å²) in [5.74, 6) is -0.325. The molecule has 28 heavy (non-hydrogen) atoms.